The number of nitrogens with one attached hydrogen (secondary N) is 2. The molecule has 0 radical (unpaired) electrons. The van der Waals surface area contributed by atoms with Gasteiger partial charge in [-0.05, 0) is 91.3 Å². The Bertz CT molecular complexity index is 2140. The molecule has 4 amide bonds. The Morgan fingerprint density at radius 2 is 1.86 bits per heavy atom. The summed E-state index contributed by atoms with van der Waals surface area (Å²) in [6, 6.07) is -5.89. The minimum atomic E-state index is -4.42. The zero-order valence-corrected chi connectivity index (χ0v) is 34.2. The summed E-state index contributed by atoms with van der Waals surface area (Å²) in [6.07, 6.45) is 1.48. The number of pyridine rings is 1. The van der Waals surface area contributed by atoms with E-state index in [0.29, 0.717) is 25.7 Å². The van der Waals surface area contributed by atoms with Crippen molar-refractivity contribution in [1.29, 1.82) is 0 Å². The van der Waals surface area contributed by atoms with Crippen molar-refractivity contribution in [1.82, 2.24) is 24.8 Å². The number of sulfonamides is 1. The summed E-state index contributed by atoms with van der Waals surface area (Å²) in [5, 5.41) is 13.2. The molecule has 2 saturated carbocycles. The van der Waals surface area contributed by atoms with Gasteiger partial charge in [-0.25, -0.2) is 22.6 Å². The van der Waals surface area contributed by atoms with Crippen molar-refractivity contribution in [3.8, 4) is 11.6 Å². The lowest BCUT2D eigenvalue weighted by Crippen LogP contribution is -2.65. The third kappa shape index (κ3) is 7.43. The molecule has 8 atom stereocenters. The van der Waals surface area contributed by atoms with E-state index < -0.39 is 110 Å². The highest BCUT2D eigenvalue weighted by Gasteiger charge is 2.71. The van der Waals surface area contributed by atoms with Crippen LogP contribution in [0, 0.1) is 11.7 Å². The van der Waals surface area contributed by atoms with Crippen molar-refractivity contribution in [2.45, 2.75) is 139 Å². The van der Waals surface area contributed by atoms with Crippen molar-refractivity contribution in [3.05, 3.63) is 42.4 Å². The number of allylic oxidation sites excluding steroid dienone is 1. The van der Waals surface area contributed by atoms with Crippen molar-refractivity contribution in [2.24, 2.45) is 5.92 Å². The zero-order valence-electron chi connectivity index (χ0n) is 33.4. The van der Waals surface area contributed by atoms with Gasteiger partial charge in [0.25, 0.3) is 11.8 Å². The average molecular weight is 838 g/mol. The molecule has 1 aromatic carbocycles. The second-order valence-electron chi connectivity index (χ2n) is 16.3. The summed E-state index contributed by atoms with van der Waals surface area (Å²) in [6.45, 7) is 8.63. The second-order valence-corrected chi connectivity index (χ2v) is 18.5. The molecule has 2 aliphatic heterocycles. The van der Waals surface area contributed by atoms with Gasteiger partial charge in [0, 0.05) is 23.8 Å². The van der Waals surface area contributed by atoms with Gasteiger partial charge in [0.2, 0.25) is 21.8 Å². The topological polar surface area (TPSA) is 194 Å². The van der Waals surface area contributed by atoms with E-state index in [0.717, 1.165) is 24.0 Å². The molecule has 0 spiro atoms. The van der Waals surface area contributed by atoms with Gasteiger partial charge >= 0.3 is 12.1 Å². The number of carbonyl (C=O) groups is 4. The number of rotatable bonds is 9. The summed E-state index contributed by atoms with van der Waals surface area (Å²) in [7, 11) is -2.87. The largest absolute Gasteiger partial charge is 0.494 e. The van der Waals surface area contributed by atoms with Crippen LogP contribution < -0.4 is 19.5 Å². The first-order valence-electron chi connectivity index (χ1n) is 19.3. The molecule has 4 aliphatic rings. The number of halogens is 3. The Labute approximate surface area is 334 Å². The van der Waals surface area contributed by atoms with Crippen LogP contribution in [0.5, 0.6) is 11.6 Å². The molecule has 6 rings (SSSR count). The number of hydrogen-bond acceptors (Lipinski definition) is 10. The van der Waals surface area contributed by atoms with E-state index in [4.69, 9.17) is 14.2 Å². The lowest BCUT2D eigenvalue weighted by Gasteiger charge is -2.42. The second kappa shape index (κ2) is 15.2. The molecule has 58 heavy (non-hydrogen) atoms. The highest BCUT2D eigenvalue weighted by atomic mass is 32.2. The molecule has 15 nitrogen and oxygen atoms in total. The minimum absolute atomic E-state index is 0.0252. The molecule has 19 heteroatoms. The lowest BCUT2D eigenvalue weighted by molar-refractivity contribution is -0.220. The van der Waals surface area contributed by atoms with E-state index in [9.17, 15) is 37.1 Å². The number of amides is 4. The molecule has 2 aromatic rings. The van der Waals surface area contributed by atoms with E-state index in [1.807, 2.05) is 0 Å². The number of aromatic nitrogens is 1. The Morgan fingerprint density at radius 3 is 2.48 bits per heavy atom. The number of carbonyl (C=O) groups excluding carboxylic acids is 3. The Morgan fingerprint density at radius 1 is 1.17 bits per heavy atom. The molecular formula is C39H50F3N5O10S. The van der Waals surface area contributed by atoms with Crippen molar-refractivity contribution in [2.75, 3.05) is 7.11 Å². The zero-order chi connectivity index (χ0) is 42.7. The standard InChI is InChI=1S/C39H50F3N5O10S/c1-8-21(2)46(35(51)52)30-23(4)56-22(3)11-9-10-12-24-18-38(24,34(50)45-58(53,54)36(5)15-16-36)44-31(48)28-19-37(6,39(41,42)47(28)33(30)49)57-32-27-17-25(40)13-14-26(27)29(55-7)20-43-32/h10,12-14,17,20-24,28,30H,8-9,11,15-16,18-19H2,1-7H3,(H,44,48)(H,45,50)(H,51,52)/b12-10-/t21?,22-,23+,24-,28+,30+,37-,38-/m1/s1. The van der Waals surface area contributed by atoms with Gasteiger partial charge < -0.3 is 24.6 Å². The van der Waals surface area contributed by atoms with Crippen LogP contribution in [0.4, 0.5) is 18.0 Å². The number of methoxy groups -OCH3 is 1. The Hall–Kier alpha value is -4.65. The normalized spacial score (nSPS) is 31.7. The minimum Gasteiger partial charge on any atom is -0.494 e. The fourth-order valence-electron chi connectivity index (χ4n) is 7.89. The van der Waals surface area contributed by atoms with Gasteiger partial charge in [-0.3, -0.25) is 28.9 Å². The summed E-state index contributed by atoms with van der Waals surface area (Å²) < 4.78 is 94.4. The first-order valence-corrected chi connectivity index (χ1v) is 20.8. The quantitative estimate of drug-likeness (QED) is 0.230. The third-order valence-corrected chi connectivity index (χ3v) is 14.3. The molecule has 3 N–H and O–H groups in total. The van der Waals surface area contributed by atoms with E-state index in [1.54, 1.807) is 26.0 Å². The number of hydrogen-bond donors (Lipinski definition) is 3. The molecule has 318 valence electrons. The number of benzene rings is 1. The first kappa shape index (κ1) is 42.9. The number of carboxylic acid groups (broad SMARTS) is 1. The molecule has 2 aliphatic carbocycles. The Balaban J connectivity index is 1.49. The van der Waals surface area contributed by atoms with E-state index >= 15 is 8.78 Å². The SMILES string of the molecule is CCC(C)N(C(=O)O)[C@@H]1C(=O)N2[C@@H](C[C@@](C)(Oc3ncc(OC)c4ccc(F)cc34)C2(F)F)C(=O)N[C@]2(C(=O)NS(=O)(=O)C3(C)CC3)C[C@H]2/C=C\CC[C@@H](C)O[C@H]1C. The maximum atomic E-state index is 17.5. The van der Waals surface area contributed by atoms with Crippen molar-refractivity contribution < 1.29 is 60.1 Å². The van der Waals surface area contributed by atoms with Crippen LogP contribution in [0.2, 0.25) is 0 Å². The summed E-state index contributed by atoms with van der Waals surface area (Å²) in [5.74, 6) is -5.61. The predicted molar refractivity (Wildman–Crippen MR) is 203 cm³/mol. The number of fused-ring (bicyclic) bond motifs is 3. The molecule has 3 fully saturated rings. The molecule has 0 bridgehead atoms. The average Bonchev–Trinajstić information content (AvgIpc) is 4.06. The van der Waals surface area contributed by atoms with Gasteiger partial charge in [0.05, 0.1) is 35.6 Å². The van der Waals surface area contributed by atoms with Gasteiger partial charge in [0.1, 0.15) is 29.2 Å². The highest BCUT2D eigenvalue weighted by molar-refractivity contribution is 7.91. The van der Waals surface area contributed by atoms with Crippen LogP contribution in [-0.4, -0.2) is 111 Å². The monoisotopic (exact) mass is 837 g/mol. The molecule has 1 unspecified atom stereocenters. The van der Waals surface area contributed by atoms with Crippen LogP contribution in [0.15, 0.2) is 36.5 Å². The maximum Gasteiger partial charge on any atom is 0.408 e. The predicted octanol–water partition coefficient (Wildman–Crippen LogP) is 4.88. The van der Waals surface area contributed by atoms with E-state index in [2.05, 4.69) is 15.0 Å². The van der Waals surface area contributed by atoms with Crippen LogP contribution in [-0.2, 0) is 29.1 Å². The van der Waals surface area contributed by atoms with Crippen LogP contribution in [0.3, 0.4) is 0 Å². The van der Waals surface area contributed by atoms with Crippen LogP contribution >= 0.6 is 0 Å². The number of alkyl halides is 2. The fourth-order valence-corrected chi connectivity index (χ4v) is 9.21. The fraction of sp³-hybridized carbons (Fsp3) is 0.615. The summed E-state index contributed by atoms with van der Waals surface area (Å²) >= 11 is 0. The van der Waals surface area contributed by atoms with Gasteiger partial charge in [0.15, 0.2) is 5.60 Å². The smallest absolute Gasteiger partial charge is 0.408 e. The molecule has 3 heterocycles. The van der Waals surface area contributed by atoms with Gasteiger partial charge in [-0.1, -0.05) is 19.1 Å². The molecular weight excluding hydrogens is 788 g/mol. The van der Waals surface area contributed by atoms with E-state index in [-0.39, 0.29) is 34.3 Å². The van der Waals surface area contributed by atoms with Gasteiger partial charge in [-0.15, -0.1) is 0 Å². The highest BCUT2D eigenvalue weighted by Crippen LogP contribution is 2.51. The third-order valence-electron chi connectivity index (χ3n) is 12.1. The van der Waals surface area contributed by atoms with Crippen LogP contribution in [0.25, 0.3) is 10.8 Å². The first-order chi connectivity index (χ1) is 27.1. The van der Waals surface area contributed by atoms with Gasteiger partial charge in [-0.2, -0.15) is 8.78 Å². The van der Waals surface area contributed by atoms with E-state index in [1.165, 1.54) is 40.1 Å². The van der Waals surface area contributed by atoms with Crippen LogP contribution in [0.1, 0.15) is 86.5 Å². The Kier molecular flexibility index (Phi) is 11.2. The summed E-state index contributed by atoms with van der Waals surface area (Å²) in [4.78, 5) is 61.3. The summed E-state index contributed by atoms with van der Waals surface area (Å²) in [5.41, 5.74) is -4.70. The lowest BCUT2D eigenvalue weighted by atomic mass is 9.99. The number of nitrogens with zero attached hydrogens (tertiary/aromatic N) is 3. The molecule has 1 aromatic heterocycles. The van der Waals surface area contributed by atoms with Crippen molar-refractivity contribution >= 4 is 44.6 Å². The molecule has 1 saturated heterocycles. The maximum absolute atomic E-state index is 17.5. The number of ether oxygens (including phenoxy) is 3. The van der Waals surface area contributed by atoms with Crippen molar-refractivity contribution in [3.63, 3.8) is 0 Å².